The molecule has 0 spiro atoms. The third-order valence-corrected chi connectivity index (χ3v) is 5.37. The van der Waals surface area contributed by atoms with Gasteiger partial charge in [-0.3, -0.25) is 0 Å². The molecule has 31 heavy (non-hydrogen) atoms. The van der Waals surface area contributed by atoms with Gasteiger partial charge in [-0.15, -0.1) is 0 Å². The van der Waals surface area contributed by atoms with Crippen molar-refractivity contribution in [3.63, 3.8) is 0 Å². The lowest BCUT2D eigenvalue weighted by molar-refractivity contribution is -0.131. The Morgan fingerprint density at radius 1 is 1.10 bits per heavy atom. The van der Waals surface area contributed by atoms with Crippen LogP contribution in [-0.4, -0.2) is 21.0 Å². The molecule has 1 heterocycles. The number of aromatic amines is 1. The summed E-state index contributed by atoms with van der Waals surface area (Å²) in [6.07, 6.45) is 1.58. The number of fused-ring (bicyclic) bond motifs is 1. The van der Waals surface area contributed by atoms with Crippen LogP contribution in [0, 0.1) is 11.3 Å². The average molecular weight is 427 g/mol. The van der Waals surface area contributed by atoms with E-state index >= 15 is 0 Å². The molecular formula is C24H17N3O3S. The summed E-state index contributed by atoms with van der Waals surface area (Å²) in [7, 11) is 0. The van der Waals surface area contributed by atoms with Gasteiger partial charge in [-0.2, -0.15) is 5.26 Å². The Kier molecular flexibility index (Phi) is 6.01. The van der Waals surface area contributed by atoms with Gasteiger partial charge in [0.15, 0.2) is 5.16 Å². The molecule has 0 saturated carbocycles. The van der Waals surface area contributed by atoms with Crippen LogP contribution in [-0.2, 0) is 11.4 Å². The van der Waals surface area contributed by atoms with Gasteiger partial charge in [0.2, 0.25) is 0 Å². The molecule has 0 amide bonds. The molecule has 4 rings (SSSR count). The van der Waals surface area contributed by atoms with Crippen LogP contribution >= 0.6 is 11.8 Å². The molecule has 3 aromatic carbocycles. The molecular weight excluding hydrogens is 410 g/mol. The summed E-state index contributed by atoms with van der Waals surface area (Å²) in [5, 5.41) is 19.1. The molecule has 0 unspecified atom stereocenters. The van der Waals surface area contributed by atoms with Crippen LogP contribution in [0.1, 0.15) is 16.7 Å². The maximum absolute atomic E-state index is 11.9. The summed E-state index contributed by atoms with van der Waals surface area (Å²) in [5.74, 6) is -0.483. The predicted octanol–water partition coefficient (Wildman–Crippen LogP) is 5.23. The number of aliphatic carboxylic acids is 1. The molecule has 6 nitrogen and oxygen atoms in total. The third kappa shape index (κ3) is 4.94. The zero-order valence-corrected chi connectivity index (χ0v) is 17.1. The summed E-state index contributed by atoms with van der Waals surface area (Å²) >= 11 is 1.05. The second kappa shape index (κ2) is 9.20. The molecule has 2 N–H and O–H groups in total. The van der Waals surface area contributed by atoms with E-state index in [1.165, 1.54) is 0 Å². The van der Waals surface area contributed by atoms with Crippen molar-refractivity contribution in [2.45, 2.75) is 11.8 Å². The molecule has 0 fully saturated rings. The van der Waals surface area contributed by atoms with Crippen LogP contribution in [0.15, 0.2) is 82.9 Å². The fourth-order valence-electron chi connectivity index (χ4n) is 2.93. The number of hydrogen-bond acceptors (Lipinski definition) is 5. The van der Waals surface area contributed by atoms with E-state index in [1.807, 2.05) is 48.5 Å². The fourth-order valence-corrected chi connectivity index (χ4v) is 3.71. The quantitative estimate of drug-likeness (QED) is 0.309. The number of carbonyl (C=O) groups is 1. The zero-order chi connectivity index (χ0) is 21.6. The maximum atomic E-state index is 11.9. The van der Waals surface area contributed by atoms with Crippen LogP contribution in [0.2, 0.25) is 0 Å². The molecule has 0 aliphatic heterocycles. The van der Waals surface area contributed by atoms with Gasteiger partial charge >= 0.3 is 5.97 Å². The van der Waals surface area contributed by atoms with E-state index in [9.17, 15) is 9.90 Å². The minimum Gasteiger partial charge on any atom is -0.488 e. The number of aromatic nitrogens is 2. The summed E-state index contributed by atoms with van der Waals surface area (Å²) in [6, 6.07) is 24.0. The van der Waals surface area contributed by atoms with E-state index in [4.69, 9.17) is 10.00 Å². The van der Waals surface area contributed by atoms with Crippen molar-refractivity contribution in [3.05, 3.63) is 94.4 Å². The van der Waals surface area contributed by atoms with Crippen LogP contribution in [0.25, 0.3) is 17.1 Å². The van der Waals surface area contributed by atoms with Crippen LogP contribution < -0.4 is 4.74 Å². The number of rotatable bonds is 7. The molecule has 152 valence electrons. The molecule has 0 aliphatic carbocycles. The highest BCUT2D eigenvalue weighted by molar-refractivity contribution is 8.04. The van der Waals surface area contributed by atoms with Gasteiger partial charge in [-0.1, -0.05) is 42.5 Å². The van der Waals surface area contributed by atoms with E-state index in [1.54, 1.807) is 30.3 Å². The average Bonchev–Trinajstić information content (AvgIpc) is 3.21. The van der Waals surface area contributed by atoms with Gasteiger partial charge < -0.3 is 14.8 Å². The molecule has 7 heteroatoms. The number of nitrogens with zero attached hydrogens (tertiary/aromatic N) is 2. The van der Waals surface area contributed by atoms with Gasteiger partial charge in [-0.05, 0) is 53.7 Å². The first-order chi connectivity index (χ1) is 15.1. The molecule has 0 radical (unpaired) electrons. The van der Waals surface area contributed by atoms with Crippen LogP contribution in [0.4, 0.5) is 0 Å². The number of H-pyrrole nitrogens is 1. The van der Waals surface area contributed by atoms with E-state index in [0.717, 1.165) is 28.4 Å². The SMILES string of the molecule is N#Cc1ccc(COc2ccccc2/C=C(\Sc2nc3ccccc3[nH]2)C(=O)O)cc1. The monoisotopic (exact) mass is 427 g/mol. The van der Waals surface area contributed by atoms with Gasteiger partial charge in [0.25, 0.3) is 0 Å². The van der Waals surface area contributed by atoms with Crippen molar-refractivity contribution in [3.8, 4) is 11.8 Å². The van der Waals surface area contributed by atoms with Crippen molar-refractivity contribution in [2.24, 2.45) is 0 Å². The van der Waals surface area contributed by atoms with Crippen molar-refractivity contribution in [1.29, 1.82) is 5.26 Å². The first kappa shape index (κ1) is 20.3. The fraction of sp³-hybridized carbons (Fsp3) is 0.0417. The number of thioether (sulfide) groups is 1. The van der Waals surface area contributed by atoms with E-state index in [2.05, 4.69) is 16.0 Å². The Morgan fingerprint density at radius 2 is 1.84 bits per heavy atom. The molecule has 1 aromatic heterocycles. The largest absolute Gasteiger partial charge is 0.488 e. The van der Waals surface area contributed by atoms with E-state index < -0.39 is 5.97 Å². The molecule has 4 aromatic rings. The number of benzene rings is 3. The normalized spacial score (nSPS) is 11.3. The number of hydrogen-bond donors (Lipinski definition) is 2. The number of imidazole rings is 1. The lowest BCUT2D eigenvalue weighted by Gasteiger charge is -2.10. The highest BCUT2D eigenvalue weighted by atomic mass is 32.2. The maximum Gasteiger partial charge on any atom is 0.342 e. The lowest BCUT2D eigenvalue weighted by Crippen LogP contribution is -2.00. The zero-order valence-electron chi connectivity index (χ0n) is 16.3. The smallest absolute Gasteiger partial charge is 0.342 e. The summed E-state index contributed by atoms with van der Waals surface area (Å²) < 4.78 is 5.92. The summed E-state index contributed by atoms with van der Waals surface area (Å²) in [6.45, 7) is 0.301. The minimum atomic E-state index is -1.05. The highest BCUT2D eigenvalue weighted by Crippen LogP contribution is 2.30. The van der Waals surface area contributed by atoms with Gasteiger partial charge in [0.05, 0.1) is 22.7 Å². The lowest BCUT2D eigenvalue weighted by atomic mass is 10.1. The Labute approximate surface area is 182 Å². The number of nitriles is 1. The molecule has 0 aliphatic rings. The first-order valence-electron chi connectivity index (χ1n) is 9.41. The molecule has 0 bridgehead atoms. The standard InChI is InChI=1S/C24H17N3O3S/c25-14-16-9-11-17(12-10-16)15-30-21-8-4-1-5-18(21)13-22(23(28)29)31-24-26-19-6-2-3-7-20(19)27-24/h1-13H,15H2,(H,26,27)(H,28,29)/b22-13-. The number of ether oxygens (including phenoxy) is 1. The van der Waals surface area contributed by atoms with E-state index in [-0.39, 0.29) is 4.91 Å². The second-order valence-electron chi connectivity index (χ2n) is 6.61. The van der Waals surface area contributed by atoms with Crippen molar-refractivity contribution < 1.29 is 14.6 Å². The number of carboxylic acids is 1. The molecule has 0 atom stereocenters. The number of nitrogens with one attached hydrogen (secondary N) is 1. The van der Waals surface area contributed by atoms with Crippen LogP contribution in [0.3, 0.4) is 0 Å². The number of carboxylic acid groups (broad SMARTS) is 1. The van der Waals surface area contributed by atoms with Crippen molar-refractivity contribution in [2.75, 3.05) is 0 Å². The summed E-state index contributed by atoms with van der Waals surface area (Å²) in [5.41, 5.74) is 3.77. The van der Waals surface area contributed by atoms with E-state index in [0.29, 0.717) is 28.6 Å². The van der Waals surface area contributed by atoms with Gasteiger partial charge in [0.1, 0.15) is 17.3 Å². The summed E-state index contributed by atoms with van der Waals surface area (Å²) in [4.78, 5) is 19.6. The van der Waals surface area contributed by atoms with Gasteiger partial charge in [-0.25, -0.2) is 9.78 Å². The molecule has 0 saturated heterocycles. The predicted molar refractivity (Wildman–Crippen MR) is 119 cm³/mol. The first-order valence-corrected chi connectivity index (χ1v) is 10.2. The third-order valence-electron chi connectivity index (χ3n) is 4.47. The highest BCUT2D eigenvalue weighted by Gasteiger charge is 2.14. The number of para-hydroxylation sites is 3. The Balaban J connectivity index is 1.56. The minimum absolute atomic E-state index is 0.119. The second-order valence-corrected chi connectivity index (χ2v) is 7.64. The van der Waals surface area contributed by atoms with Crippen molar-refractivity contribution >= 4 is 34.8 Å². The Bertz CT molecular complexity index is 1270. The van der Waals surface area contributed by atoms with Crippen LogP contribution in [0.5, 0.6) is 5.75 Å². The Hall–Kier alpha value is -4.02. The topological polar surface area (TPSA) is 99.0 Å². The van der Waals surface area contributed by atoms with Gasteiger partial charge in [0, 0.05) is 5.56 Å². The van der Waals surface area contributed by atoms with Crippen molar-refractivity contribution in [1.82, 2.24) is 9.97 Å². The Morgan fingerprint density at radius 3 is 2.58 bits per heavy atom.